The Bertz CT molecular complexity index is 627. The van der Waals surface area contributed by atoms with Gasteiger partial charge in [-0.2, -0.15) is 0 Å². The number of anilines is 1. The van der Waals surface area contributed by atoms with Crippen LogP contribution in [-0.2, 0) is 0 Å². The molecule has 0 aromatic carbocycles. The maximum Gasteiger partial charge on any atom is 0.179 e. The Labute approximate surface area is 121 Å². The topological polar surface area (TPSA) is 88.2 Å². The average molecular weight is 294 g/mol. The standard InChI is InChI=1S/C13H16ClN5O/c14-10-2-1-9-12(18-10)16-7-11(17-9)19-5-3-13(15,8-20)4-6-19/h1-2,7,20H,3-6,8,15H2. The number of fused-ring (bicyclic) bond motifs is 1. The van der Waals surface area contributed by atoms with Crippen LogP contribution in [0.4, 0.5) is 5.82 Å². The monoisotopic (exact) mass is 293 g/mol. The SMILES string of the molecule is NC1(CO)CCN(c2cnc3nc(Cl)ccc3n2)CC1. The summed E-state index contributed by atoms with van der Waals surface area (Å²) in [5, 5.41) is 9.69. The molecule has 6 nitrogen and oxygen atoms in total. The maximum atomic E-state index is 9.28. The normalized spacial score (nSPS) is 18.4. The number of aliphatic hydroxyl groups excluding tert-OH is 1. The van der Waals surface area contributed by atoms with E-state index in [0.29, 0.717) is 10.8 Å². The quantitative estimate of drug-likeness (QED) is 0.802. The van der Waals surface area contributed by atoms with E-state index in [4.69, 9.17) is 17.3 Å². The highest BCUT2D eigenvalue weighted by Crippen LogP contribution is 2.24. The summed E-state index contributed by atoms with van der Waals surface area (Å²) >= 11 is 5.83. The van der Waals surface area contributed by atoms with E-state index in [-0.39, 0.29) is 6.61 Å². The fraction of sp³-hybridized carbons (Fsp3) is 0.462. The lowest BCUT2D eigenvalue weighted by molar-refractivity contribution is 0.170. The van der Waals surface area contributed by atoms with E-state index in [1.165, 1.54) is 0 Å². The van der Waals surface area contributed by atoms with Gasteiger partial charge in [0.25, 0.3) is 0 Å². The van der Waals surface area contributed by atoms with Crippen LogP contribution in [0.1, 0.15) is 12.8 Å². The molecule has 1 aliphatic rings. The molecule has 0 atom stereocenters. The fourth-order valence-corrected chi connectivity index (χ4v) is 2.51. The predicted molar refractivity (Wildman–Crippen MR) is 77.8 cm³/mol. The Morgan fingerprint density at radius 3 is 2.75 bits per heavy atom. The van der Waals surface area contributed by atoms with Crippen LogP contribution in [0.15, 0.2) is 18.3 Å². The van der Waals surface area contributed by atoms with Crippen LogP contribution in [0.5, 0.6) is 0 Å². The van der Waals surface area contributed by atoms with Crippen molar-refractivity contribution >= 4 is 28.6 Å². The molecule has 0 bridgehead atoms. The molecule has 0 saturated carbocycles. The van der Waals surface area contributed by atoms with Gasteiger partial charge in [0.05, 0.1) is 12.8 Å². The largest absolute Gasteiger partial charge is 0.394 e. The number of pyridine rings is 1. The van der Waals surface area contributed by atoms with Crippen molar-refractivity contribution in [2.24, 2.45) is 5.73 Å². The van der Waals surface area contributed by atoms with Gasteiger partial charge in [0, 0.05) is 18.6 Å². The first-order valence-corrected chi connectivity index (χ1v) is 6.91. The van der Waals surface area contributed by atoms with Crippen LogP contribution in [0, 0.1) is 0 Å². The minimum absolute atomic E-state index is 0.0205. The summed E-state index contributed by atoms with van der Waals surface area (Å²) in [7, 11) is 0. The lowest BCUT2D eigenvalue weighted by atomic mass is 9.90. The number of nitrogens with zero attached hydrogens (tertiary/aromatic N) is 4. The molecule has 0 unspecified atom stereocenters. The number of rotatable bonds is 2. The molecule has 3 heterocycles. The molecule has 0 amide bonds. The van der Waals surface area contributed by atoms with E-state index in [1.807, 2.05) is 6.07 Å². The Kier molecular flexibility index (Phi) is 3.45. The lowest BCUT2D eigenvalue weighted by Crippen LogP contribution is -2.53. The lowest BCUT2D eigenvalue weighted by Gasteiger charge is -2.38. The van der Waals surface area contributed by atoms with Crippen molar-refractivity contribution in [3.8, 4) is 0 Å². The summed E-state index contributed by atoms with van der Waals surface area (Å²) in [6.45, 7) is 1.54. The van der Waals surface area contributed by atoms with E-state index in [0.717, 1.165) is 37.3 Å². The fourth-order valence-electron chi connectivity index (χ4n) is 2.36. The van der Waals surface area contributed by atoms with Crippen molar-refractivity contribution in [3.05, 3.63) is 23.5 Å². The van der Waals surface area contributed by atoms with Gasteiger partial charge in [-0.05, 0) is 25.0 Å². The highest BCUT2D eigenvalue weighted by molar-refractivity contribution is 6.29. The number of nitrogens with two attached hydrogens (primary N) is 1. The molecular weight excluding hydrogens is 278 g/mol. The minimum atomic E-state index is -0.462. The number of hydrogen-bond acceptors (Lipinski definition) is 6. The van der Waals surface area contributed by atoms with Gasteiger partial charge in [0.2, 0.25) is 0 Å². The van der Waals surface area contributed by atoms with E-state index in [1.54, 1.807) is 12.3 Å². The Morgan fingerprint density at radius 2 is 2.05 bits per heavy atom. The van der Waals surface area contributed by atoms with Crippen LogP contribution in [-0.4, -0.2) is 45.3 Å². The molecule has 3 rings (SSSR count). The zero-order chi connectivity index (χ0) is 14.2. The zero-order valence-electron chi connectivity index (χ0n) is 11.0. The Morgan fingerprint density at radius 1 is 1.30 bits per heavy atom. The molecule has 1 fully saturated rings. The summed E-state index contributed by atoms with van der Waals surface area (Å²) in [5.74, 6) is 0.807. The average Bonchev–Trinajstić information content (AvgIpc) is 2.47. The highest BCUT2D eigenvalue weighted by Gasteiger charge is 2.30. The van der Waals surface area contributed by atoms with Gasteiger partial charge >= 0.3 is 0 Å². The van der Waals surface area contributed by atoms with Crippen molar-refractivity contribution in [2.75, 3.05) is 24.6 Å². The second kappa shape index (κ2) is 5.12. The van der Waals surface area contributed by atoms with Gasteiger partial charge in [-0.15, -0.1) is 0 Å². The number of aromatic nitrogens is 3. The van der Waals surface area contributed by atoms with E-state index in [9.17, 15) is 5.11 Å². The summed E-state index contributed by atoms with van der Waals surface area (Å²) in [4.78, 5) is 15.1. The van der Waals surface area contributed by atoms with Crippen LogP contribution in [0.3, 0.4) is 0 Å². The molecule has 2 aromatic rings. The van der Waals surface area contributed by atoms with Crippen LogP contribution >= 0.6 is 11.6 Å². The van der Waals surface area contributed by atoms with E-state index < -0.39 is 5.54 Å². The van der Waals surface area contributed by atoms with E-state index >= 15 is 0 Å². The Balaban J connectivity index is 1.83. The first kappa shape index (κ1) is 13.5. The molecule has 1 saturated heterocycles. The molecule has 0 aliphatic carbocycles. The molecule has 20 heavy (non-hydrogen) atoms. The number of hydrogen-bond donors (Lipinski definition) is 2. The van der Waals surface area contributed by atoms with Crippen LogP contribution < -0.4 is 10.6 Å². The minimum Gasteiger partial charge on any atom is -0.394 e. The van der Waals surface area contributed by atoms with Crippen molar-refractivity contribution in [2.45, 2.75) is 18.4 Å². The maximum absolute atomic E-state index is 9.28. The second-order valence-corrected chi connectivity index (χ2v) is 5.60. The van der Waals surface area contributed by atoms with Gasteiger partial charge in [-0.1, -0.05) is 11.6 Å². The highest BCUT2D eigenvalue weighted by atomic mass is 35.5. The second-order valence-electron chi connectivity index (χ2n) is 5.21. The molecule has 0 spiro atoms. The van der Waals surface area contributed by atoms with Gasteiger partial charge in [0.1, 0.15) is 16.5 Å². The smallest absolute Gasteiger partial charge is 0.179 e. The van der Waals surface area contributed by atoms with Crippen molar-refractivity contribution in [3.63, 3.8) is 0 Å². The van der Waals surface area contributed by atoms with Gasteiger partial charge in [-0.3, -0.25) is 0 Å². The van der Waals surface area contributed by atoms with Gasteiger partial charge in [-0.25, -0.2) is 15.0 Å². The number of aliphatic hydroxyl groups is 1. The molecule has 7 heteroatoms. The van der Waals surface area contributed by atoms with Crippen LogP contribution in [0.2, 0.25) is 5.15 Å². The van der Waals surface area contributed by atoms with Crippen molar-refractivity contribution in [1.29, 1.82) is 0 Å². The molecule has 1 aliphatic heterocycles. The zero-order valence-corrected chi connectivity index (χ0v) is 11.7. The first-order valence-electron chi connectivity index (χ1n) is 6.54. The van der Waals surface area contributed by atoms with Gasteiger partial charge in [0.15, 0.2) is 5.65 Å². The van der Waals surface area contributed by atoms with Crippen molar-refractivity contribution < 1.29 is 5.11 Å². The van der Waals surface area contributed by atoms with Gasteiger partial charge < -0.3 is 15.7 Å². The molecule has 3 N–H and O–H groups in total. The number of piperidine rings is 1. The molecular formula is C13H16ClN5O. The number of halogens is 1. The molecule has 106 valence electrons. The predicted octanol–water partition coefficient (Wildman–Crippen LogP) is 0.968. The summed E-state index contributed by atoms with van der Waals surface area (Å²) in [6, 6.07) is 3.52. The summed E-state index contributed by atoms with van der Waals surface area (Å²) in [5.41, 5.74) is 6.87. The Hall–Kier alpha value is -1.50. The summed E-state index contributed by atoms with van der Waals surface area (Å²) in [6.07, 6.45) is 3.18. The third-order valence-corrected chi connectivity index (χ3v) is 3.97. The van der Waals surface area contributed by atoms with Crippen molar-refractivity contribution in [1.82, 2.24) is 15.0 Å². The third-order valence-electron chi connectivity index (χ3n) is 3.76. The first-order chi connectivity index (χ1) is 9.59. The van der Waals surface area contributed by atoms with E-state index in [2.05, 4.69) is 19.9 Å². The third kappa shape index (κ3) is 2.54. The molecule has 2 aromatic heterocycles. The molecule has 0 radical (unpaired) electrons. The summed E-state index contributed by atoms with van der Waals surface area (Å²) < 4.78 is 0. The van der Waals surface area contributed by atoms with Crippen LogP contribution in [0.25, 0.3) is 11.2 Å².